The van der Waals surface area contributed by atoms with Crippen molar-refractivity contribution in [1.82, 2.24) is 23.7 Å². The first-order valence-electron chi connectivity index (χ1n) is 7.63. The van der Waals surface area contributed by atoms with E-state index in [1.54, 1.807) is 30.9 Å². The maximum absolute atomic E-state index is 12.4. The molecule has 0 saturated heterocycles. The van der Waals surface area contributed by atoms with E-state index in [2.05, 4.69) is 9.97 Å². The Morgan fingerprint density at radius 2 is 1.72 bits per heavy atom. The van der Waals surface area contributed by atoms with Crippen molar-refractivity contribution in [2.24, 2.45) is 21.1 Å². The second kappa shape index (κ2) is 5.30. The molecule has 0 spiro atoms. The van der Waals surface area contributed by atoms with Crippen molar-refractivity contribution in [1.29, 1.82) is 0 Å². The summed E-state index contributed by atoms with van der Waals surface area (Å²) in [5.74, 6) is 0.526. The lowest BCUT2D eigenvalue weighted by molar-refractivity contribution is 0.431. The molecule has 126 valence electrons. The highest BCUT2D eigenvalue weighted by Crippen LogP contribution is 2.28. The molecule has 8 heteroatoms. The van der Waals surface area contributed by atoms with E-state index in [1.807, 2.05) is 24.3 Å². The predicted molar refractivity (Wildman–Crippen MR) is 93.0 cm³/mol. The Balaban J connectivity index is 1.95. The summed E-state index contributed by atoms with van der Waals surface area (Å²) in [6.07, 6.45) is 1.68. The second-order valence-corrected chi connectivity index (χ2v) is 5.76. The lowest BCUT2D eigenvalue weighted by Crippen LogP contribution is -2.37. The molecule has 0 fully saturated rings. The van der Waals surface area contributed by atoms with Crippen molar-refractivity contribution in [2.75, 3.05) is 0 Å². The minimum atomic E-state index is -0.436. The first-order chi connectivity index (χ1) is 12.0. The fourth-order valence-corrected chi connectivity index (χ4v) is 2.85. The zero-order valence-electron chi connectivity index (χ0n) is 13.9. The molecule has 0 atom stereocenters. The maximum atomic E-state index is 12.4. The van der Waals surface area contributed by atoms with Gasteiger partial charge in [0.05, 0.1) is 0 Å². The lowest BCUT2D eigenvalue weighted by atomic mass is 10.2. The van der Waals surface area contributed by atoms with Gasteiger partial charge in [-0.15, -0.1) is 0 Å². The Hall–Kier alpha value is -3.42. The number of pyridine rings is 1. The smallest absolute Gasteiger partial charge is 0.332 e. The summed E-state index contributed by atoms with van der Waals surface area (Å²) < 4.78 is 9.84. The zero-order valence-corrected chi connectivity index (χ0v) is 13.9. The van der Waals surface area contributed by atoms with Gasteiger partial charge in [0.1, 0.15) is 5.52 Å². The van der Waals surface area contributed by atoms with Crippen molar-refractivity contribution in [2.45, 2.75) is 0 Å². The number of fused-ring (bicyclic) bond motifs is 2. The standard InChI is InChI=1S/C17H15N5O3/c1-20-13-14(21(2)17(24)22(3)15(13)23)19-16(20)25-11-8-4-6-10-7-5-9-18-12(10)11/h4-9H,1-3H3. The highest BCUT2D eigenvalue weighted by molar-refractivity contribution is 5.84. The van der Waals surface area contributed by atoms with Crippen LogP contribution in [0.4, 0.5) is 0 Å². The van der Waals surface area contributed by atoms with Crippen LogP contribution in [0.25, 0.3) is 22.1 Å². The predicted octanol–water partition coefficient (Wildman–Crippen LogP) is 1.31. The van der Waals surface area contributed by atoms with Gasteiger partial charge in [-0.05, 0) is 12.1 Å². The van der Waals surface area contributed by atoms with Crippen LogP contribution in [-0.4, -0.2) is 23.7 Å². The Bertz CT molecular complexity index is 1240. The average molecular weight is 337 g/mol. The van der Waals surface area contributed by atoms with Gasteiger partial charge in [0, 0.05) is 32.7 Å². The largest absolute Gasteiger partial charge is 0.423 e. The Morgan fingerprint density at radius 3 is 2.52 bits per heavy atom. The van der Waals surface area contributed by atoms with Gasteiger partial charge in [-0.2, -0.15) is 4.98 Å². The van der Waals surface area contributed by atoms with Gasteiger partial charge in [-0.1, -0.05) is 18.2 Å². The van der Waals surface area contributed by atoms with E-state index >= 15 is 0 Å². The van der Waals surface area contributed by atoms with E-state index in [4.69, 9.17) is 4.74 Å². The van der Waals surface area contributed by atoms with E-state index in [1.165, 1.54) is 11.6 Å². The van der Waals surface area contributed by atoms with Crippen LogP contribution in [0.1, 0.15) is 0 Å². The van der Waals surface area contributed by atoms with Gasteiger partial charge in [0.25, 0.3) is 5.56 Å². The Labute approximate surface area is 141 Å². The number of hydrogen-bond acceptors (Lipinski definition) is 5. The number of benzene rings is 1. The van der Waals surface area contributed by atoms with Crippen LogP contribution in [-0.2, 0) is 21.1 Å². The van der Waals surface area contributed by atoms with Gasteiger partial charge >= 0.3 is 11.7 Å². The van der Waals surface area contributed by atoms with Gasteiger partial charge in [-0.25, -0.2) is 4.79 Å². The molecular weight excluding hydrogens is 322 g/mol. The number of para-hydroxylation sites is 1. The molecule has 0 amide bonds. The maximum Gasteiger partial charge on any atom is 0.332 e. The van der Waals surface area contributed by atoms with Crippen LogP contribution in [0, 0.1) is 0 Å². The van der Waals surface area contributed by atoms with Crippen molar-refractivity contribution in [3.8, 4) is 11.8 Å². The molecule has 0 aliphatic carbocycles. The minimum Gasteiger partial charge on any atom is -0.423 e. The molecule has 0 bridgehead atoms. The van der Waals surface area contributed by atoms with E-state index in [0.717, 1.165) is 9.95 Å². The molecule has 25 heavy (non-hydrogen) atoms. The van der Waals surface area contributed by atoms with Crippen LogP contribution in [0.15, 0.2) is 46.1 Å². The molecule has 8 nitrogen and oxygen atoms in total. The van der Waals surface area contributed by atoms with Crippen LogP contribution >= 0.6 is 0 Å². The number of ether oxygens (including phenoxy) is 1. The molecule has 0 aliphatic heterocycles. The Morgan fingerprint density at radius 1 is 0.960 bits per heavy atom. The van der Waals surface area contributed by atoms with Crippen LogP contribution in [0.2, 0.25) is 0 Å². The fraction of sp³-hybridized carbons (Fsp3) is 0.176. The summed E-state index contributed by atoms with van der Waals surface area (Å²) in [5, 5.41) is 0.932. The molecule has 0 radical (unpaired) electrons. The number of rotatable bonds is 2. The van der Waals surface area contributed by atoms with Crippen molar-refractivity contribution in [3.05, 3.63) is 57.4 Å². The summed E-state index contributed by atoms with van der Waals surface area (Å²) in [5.41, 5.74) is 0.415. The molecule has 4 rings (SSSR count). The normalized spacial score (nSPS) is 11.3. The van der Waals surface area contributed by atoms with Gasteiger partial charge in [-0.3, -0.25) is 23.5 Å². The fourth-order valence-electron chi connectivity index (χ4n) is 2.85. The highest BCUT2D eigenvalue weighted by Gasteiger charge is 2.18. The summed E-state index contributed by atoms with van der Waals surface area (Å²) in [6, 6.07) is 9.57. The monoisotopic (exact) mass is 337 g/mol. The lowest BCUT2D eigenvalue weighted by Gasteiger charge is -2.07. The summed E-state index contributed by atoms with van der Waals surface area (Å²) >= 11 is 0. The van der Waals surface area contributed by atoms with E-state index < -0.39 is 11.2 Å². The molecule has 0 aliphatic rings. The molecule has 1 aromatic carbocycles. The van der Waals surface area contributed by atoms with Crippen LogP contribution in [0.5, 0.6) is 11.8 Å². The van der Waals surface area contributed by atoms with Gasteiger partial charge < -0.3 is 4.74 Å². The van der Waals surface area contributed by atoms with E-state index in [0.29, 0.717) is 16.8 Å². The molecule has 4 aromatic rings. The third-order valence-electron chi connectivity index (χ3n) is 4.23. The number of aromatic nitrogens is 5. The van der Waals surface area contributed by atoms with Gasteiger partial charge in [0.2, 0.25) is 0 Å². The minimum absolute atomic E-state index is 0.214. The molecular formula is C17H15N5O3. The van der Waals surface area contributed by atoms with Crippen molar-refractivity contribution in [3.63, 3.8) is 0 Å². The number of aryl methyl sites for hydroxylation is 2. The number of hydrogen-bond donors (Lipinski definition) is 0. The van der Waals surface area contributed by atoms with Gasteiger partial charge in [0.15, 0.2) is 16.9 Å². The van der Waals surface area contributed by atoms with E-state index in [-0.39, 0.29) is 11.7 Å². The summed E-state index contributed by atoms with van der Waals surface area (Å²) in [4.78, 5) is 33.2. The van der Waals surface area contributed by atoms with Crippen molar-refractivity contribution < 1.29 is 4.74 Å². The molecule has 3 heterocycles. The number of imidazole rings is 1. The SMILES string of the molecule is Cn1c(=O)c2c(nc(Oc3cccc4cccnc34)n2C)n(C)c1=O. The third kappa shape index (κ3) is 2.14. The molecule has 0 unspecified atom stereocenters. The molecule has 0 saturated carbocycles. The quantitative estimate of drug-likeness (QED) is 0.551. The number of nitrogens with zero attached hydrogens (tertiary/aromatic N) is 5. The Kier molecular flexibility index (Phi) is 3.21. The average Bonchev–Trinajstić information content (AvgIpc) is 2.95. The van der Waals surface area contributed by atoms with E-state index in [9.17, 15) is 9.59 Å². The highest BCUT2D eigenvalue weighted by atomic mass is 16.5. The van der Waals surface area contributed by atoms with Crippen molar-refractivity contribution >= 4 is 22.1 Å². The first kappa shape index (κ1) is 15.1. The topological polar surface area (TPSA) is 83.9 Å². The summed E-state index contributed by atoms with van der Waals surface area (Å²) in [7, 11) is 4.68. The molecule has 3 aromatic heterocycles. The first-order valence-corrected chi connectivity index (χ1v) is 7.63. The van der Waals surface area contributed by atoms with Crippen LogP contribution < -0.4 is 16.0 Å². The van der Waals surface area contributed by atoms with Crippen LogP contribution in [0.3, 0.4) is 0 Å². The zero-order chi connectivity index (χ0) is 17.7. The molecule has 0 N–H and O–H groups in total. The summed E-state index contributed by atoms with van der Waals surface area (Å²) in [6.45, 7) is 0. The third-order valence-corrected chi connectivity index (χ3v) is 4.23. The second-order valence-electron chi connectivity index (χ2n) is 5.76.